The molecule has 0 saturated heterocycles. The van der Waals surface area contributed by atoms with E-state index in [9.17, 15) is 14.0 Å². The number of carboxylic acids is 1. The highest BCUT2D eigenvalue weighted by Crippen LogP contribution is 2.17. The number of unbranched alkanes of at least 4 members (excludes halogenated alkanes) is 1. The molecule has 1 unspecified atom stereocenters. The maximum absolute atomic E-state index is 12.7. The summed E-state index contributed by atoms with van der Waals surface area (Å²) in [6.07, 6.45) is 2.06. The number of rotatable bonds is 8. The molecule has 20 heavy (non-hydrogen) atoms. The lowest BCUT2D eigenvalue weighted by atomic mass is 10.1. The molecule has 0 bridgehead atoms. The second-order valence-corrected chi connectivity index (χ2v) is 5.39. The molecule has 110 valence electrons. The van der Waals surface area contributed by atoms with Crippen LogP contribution in [0.25, 0.3) is 0 Å². The average Bonchev–Trinajstić information content (AvgIpc) is 2.42. The van der Waals surface area contributed by atoms with Gasteiger partial charge in [0.05, 0.1) is 5.75 Å². The van der Waals surface area contributed by atoms with Gasteiger partial charge in [0.25, 0.3) is 0 Å². The van der Waals surface area contributed by atoms with E-state index >= 15 is 0 Å². The molecule has 4 nitrogen and oxygen atoms in total. The number of thioether (sulfide) groups is 1. The van der Waals surface area contributed by atoms with E-state index < -0.39 is 12.0 Å². The molecule has 1 atom stereocenters. The van der Waals surface area contributed by atoms with E-state index in [0.29, 0.717) is 6.42 Å². The third kappa shape index (κ3) is 6.06. The topological polar surface area (TPSA) is 66.4 Å². The Labute approximate surface area is 121 Å². The van der Waals surface area contributed by atoms with E-state index in [1.807, 2.05) is 6.92 Å². The number of carboxylic acid groups (broad SMARTS) is 1. The van der Waals surface area contributed by atoms with Gasteiger partial charge in [-0.1, -0.05) is 19.8 Å². The normalized spacial score (nSPS) is 11.9. The minimum atomic E-state index is -1.02. The SMILES string of the molecule is CCCCC(NC(=O)CSc1ccc(F)cc1)C(=O)O. The molecule has 0 aliphatic rings. The van der Waals surface area contributed by atoms with E-state index in [1.54, 1.807) is 12.1 Å². The van der Waals surface area contributed by atoms with Crippen molar-refractivity contribution < 1.29 is 19.1 Å². The van der Waals surface area contributed by atoms with Crippen LogP contribution < -0.4 is 5.32 Å². The van der Waals surface area contributed by atoms with Crippen molar-refractivity contribution in [3.8, 4) is 0 Å². The molecule has 0 aromatic heterocycles. The van der Waals surface area contributed by atoms with E-state index in [4.69, 9.17) is 5.11 Å². The number of carbonyl (C=O) groups excluding carboxylic acids is 1. The second-order valence-electron chi connectivity index (χ2n) is 4.34. The summed E-state index contributed by atoms with van der Waals surface area (Å²) in [5.74, 6) is -1.56. The van der Waals surface area contributed by atoms with Crippen LogP contribution in [0.5, 0.6) is 0 Å². The molecule has 0 spiro atoms. The fourth-order valence-electron chi connectivity index (χ4n) is 1.58. The smallest absolute Gasteiger partial charge is 0.326 e. The van der Waals surface area contributed by atoms with Gasteiger partial charge in [-0.15, -0.1) is 11.8 Å². The molecule has 6 heteroatoms. The van der Waals surface area contributed by atoms with E-state index in [-0.39, 0.29) is 17.5 Å². The van der Waals surface area contributed by atoms with Gasteiger partial charge in [0.2, 0.25) is 5.91 Å². The highest BCUT2D eigenvalue weighted by molar-refractivity contribution is 8.00. The summed E-state index contributed by atoms with van der Waals surface area (Å²) in [5, 5.41) is 11.5. The summed E-state index contributed by atoms with van der Waals surface area (Å²) in [6.45, 7) is 1.96. The van der Waals surface area contributed by atoms with Crippen LogP contribution in [-0.2, 0) is 9.59 Å². The highest BCUT2D eigenvalue weighted by atomic mass is 32.2. The summed E-state index contributed by atoms with van der Waals surface area (Å²) < 4.78 is 12.7. The van der Waals surface area contributed by atoms with Crippen molar-refractivity contribution in [2.45, 2.75) is 37.1 Å². The zero-order valence-corrected chi connectivity index (χ0v) is 12.1. The molecule has 1 amide bonds. The van der Waals surface area contributed by atoms with Crippen molar-refractivity contribution in [3.63, 3.8) is 0 Å². The Morgan fingerprint density at radius 2 is 2.00 bits per heavy atom. The molecule has 1 aromatic carbocycles. The van der Waals surface area contributed by atoms with Gasteiger partial charge in [-0.25, -0.2) is 9.18 Å². The Balaban J connectivity index is 2.41. The number of nitrogens with one attached hydrogen (secondary N) is 1. The Morgan fingerprint density at radius 1 is 1.35 bits per heavy atom. The van der Waals surface area contributed by atoms with Crippen molar-refractivity contribution >= 4 is 23.6 Å². The molecule has 1 aromatic rings. The highest BCUT2D eigenvalue weighted by Gasteiger charge is 2.18. The molecule has 0 heterocycles. The summed E-state index contributed by atoms with van der Waals surface area (Å²) in [5.41, 5.74) is 0. The van der Waals surface area contributed by atoms with Crippen molar-refractivity contribution in [2.24, 2.45) is 0 Å². The van der Waals surface area contributed by atoms with E-state index in [0.717, 1.165) is 17.7 Å². The number of hydrogen-bond donors (Lipinski definition) is 2. The first-order valence-electron chi connectivity index (χ1n) is 6.43. The lowest BCUT2D eigenvalue weighted by Gasteiger charge is -2.13. The zero-order chi connectivity index (χ0) is 15.0. The van der Waals surface area contributed by atoms with Crippen LogP contribution in [0.2, 0.25) is 0 Å². The summed E-state index contributed by atoms with van der Waals surface area (Å²) >= 11 is 1.24. The summed E-state index contributed by atoms with van der Waals surface area (Å²) in [4.78, 5) is 23.4. The summed E-state index contributed by atoms with van der Waals surface area (Å²) in [6, 6.07) is 4.97. The van der Waals surface area contributed by atoms with Crippen molar-refractivity contribution in [1.82, 2.24) is 5.32 Å². The average molecular weight is 299 g/mol. The molecule has 0 radical (unpaired) electrons. The van der Waals surface area contributed by atoms with E-state index in [2.05, 4.69) is 5.32 Å². The molecule has 0 fully saturated rings. The maximum atomic E-state index is 12.7. The fraction of sp³-hybridized carbons (Fsp3) is 0.429. The number of hydrogen-bond acceptors (Lipinski definition) is 3. The molecular weight excluding hydrogens is 281 g/mol. The van der Waals surface area contributed by atoms with Gasteiger partial charge in [0.1, 0.15) is 11.9 Å². The quantitative estimate of drug-likeness (QED) is 0.724. The lowest BCUT2D eigenvalue weighted by Crippen LogP contribution is -2.41. The molecule has 0 saturated carbocycles. The first-order valence-corrected chi connectivity index (χ1v) is 7.42. The lowest BCUT2D eigenvalue weighted by molar-refractivity contribution is -0.141. The number of amides is 1. The first kappa shape index (κ1) is 16.5. The molecule has 1 rings (SSSR count). The van der Waals surface area contributed by atoms with Crippen molar-refractivity contribution in [3.05, 3.63) is 30.1 Å². The maximum Gasteiger partial charge on any atom is 0.326 e. The van der Waals surface area contributed by atoms with Crippen LogP contribution in [0.15, 0.2) is 29.2 Å². The van der Waals surface area contributed by atoms with Crippen LogP contribution in [0.1, 0.15) is 26.2 Å². The summed E-state index contributed by atoms with van der Waals surface area (Å²) in [7, 11) is 0. The van der Waals surface area contributed by atoms with Crippen LogP contribution in [0.3, 0.4) is 0 Å². The fourth-order valence-corrected chi connectivity index (χ4v) is 2.29. The third-order valence-electron chi connectivity index (χ3n) is 2.66. The van der Waals surface area contributed by atoms with Gasteiger partial charge < -0.3 is 10.4 Å². The minimum absolute atomic E-state index is 0.113. The van der Waals surface area contributed by atoms with Crippen LogP contribution in [0, 0.1) is 5.82 Å². The Hall–Kier alpha value is -1.56. The second kappa shape index (κ2) is 8.58. The number of aliphatic carboxylic acids is 1. The predicted octanol–water partition coefficient (Wildman–Crippen LogP) is 2.68. The standard InChI is InChI=1S/C14H18FNO3S/c1-2-3-4-12(14(18)19)16-13(17)9-20-11-7-5-10(15)6-8-11/h5-8,12H,2-4,9H2,1H3,(H,16,17)(H,18,19). The van der Waals surface area contributed by atoms with Crippen LogP contribution in [0.4, 0.5) is 4.39 Å². The number of benzene rings is 1. The van der Waals surface area contributed by atoms with Gasteiger partial charge in [0.15, 0.2) is 0 Å². The zero-order valence-electron chi connectivity index (χ0n) is 11.3. The molecular formula is C14H18FNO3S. The monoisotopic (exact) mass is 299 g/mol. The van der Waals surface area contributed by atoms with Gasteiger partial charge in [-0.2, -0.15) is 0 Å². The molecule has 2 N–H and O–H groups in total. The van der Waals surface area contributed by atoms with Gasteiger partial charge >= 0.3 is 5.97 Å². The third-order valence-corrected chi connectivity index (χ3v) is 3.68. The Bertz CT molecular complexity index is 450. The minimum Gasteiger partial charge on any atom is -0.480 e. The molecule has 0 aliphatic carbocycles. The Kier molecular flexibility index (Phi) is 7.08. The number of carbonyl (C=O) groups is 2. The van der Waals surface area contributed by atoms with Crippen LogP contribution in [-0.4, -0.2) is 28.8 Å². The van der Waals surface area contributed by atoms with Crippen LogP contribution >= 0.6 is 11.8 Å². The van der Waals surface area contributed by atoms with Crippen molar-refractivity contribution in [2.75, 3.05) is 5.75 Å². The van der Waals surface area contributed by atoms with Gasteiger partial charge in [0, 0.05) is 4.90 Å². The van der Waals surface area contributed by atoms with Gasteiger partial charge in [-0.05, 0) is 30.7 Å². The van der Waals surface area contributed by atoms with Crippen molar-refractivity contribution in [1.29, 1.82) is 0 Å². The largest absolute Gasteiger partial charge is 0.480 e. The van der Waals surface area contributed by atoms with Gasteiger partial charge in [-0.3, -0.25) is 4.79 Å². The molecule has 0 aliphatic heterocycles. The van der Waals surface area contributed by atoms with E-state index in [1.165, 1.54) is 23.9 Å². The predicted molar refractivity (Wildman–Crippen MR) is 76.2 cm³/mol. The first-order chi connectivity index (χ1) is 9.52. The number of halogens is 1. The Morgan fingerprint density at radius 3 is 2.55 bits per heavy atom.